The second-order valence-electron chi connectivity index (χ2n) is 4.47. The molecule has 7 heteroatoms. The fourth-order valence-corrected chi connectivity index (χ4v) is 3.12. The van der Waals surface area contributed by atoms with Crippen LogP contribution in [0, 0.1) is 5.82 Å². The van der Waals surface area contributed by atoms with Gasteiger partial charge in [-0.15, -0.1) is 0 Å². The van der Waals surface area contributed by atoms with Gasteiger partial charge >= 0.3 is 0 Å². The summed E-state index contributed by atoms with van der Waals surface area (Å²) in [7, 11) is -3.89. The highest BCUT2D eigenvalue weighted by Gasteiger charge is 2.16. The molecule has 0 bridgehead atoms. The molecule has 0 aliphatic heterocycles. The van der Waals surface area contributed by atoms with E-state index in [1.807, 2.05) is 0 Å². The minimum Gasteiger partial charge on any atom is -0.389 e. The predicted octanol–water partition coefficient (Wildman–Crippen LogP) is 3.44. The van der Waals surface area contributed by atoms with Crippen molar-refractivity contribution in [2.75, 3.05) is 4.72 Å². The van der Waals surface area contributed by atoms with Gasteiger partial charge in [0.25, 0.3) is 10.0 Å². The topological polar surface area (TPSA) is 66.4 Å². The Hall–Kier alpha value is -1.44. The Kier molecular flexibility index (Phi) is 4.65. The van der Waals surface area contributed by atoms with E-state index in [0.29, 0.717) is 10.0 Å². The lowest BCUT2D eigenvalue weighted by molar-refractivity contribution is 0.199. The number of halogens is 2. The van der Waals surface area contributed by atoms with Gasteiger partial charge in [-0.25, -0.2) is 12.8 Å². The molecule has 0 aliphatic rings. The molecule has 0 aromatic heterocycles. The number of aliphatic hydroxyl groups excluding tert-OH is 1. The molecule has 21 heavy (non-hydrogen) atoms. The van der Waals surface area contributed by atoms with E-state index in [9.17, 15) is 17.9 Å². The number of nitrogens with one attached hydrogen (secondary N) is 1. The number of aliphatic hydroxyl groups is 1. The number of hydrogen-bond donors (Lipinski definition) is 2. The first kappa shape index (κ1) is 15.9. The lowest BCUT2D eigenvalue weighted by Crippen LogP contribution is -2.14. The summed E-state index contributed by atoms with van der Waals surface area (Å²) in [6, 6.07) is 9.73. The molecular formula is C14H13BrFNO3S. The molecule has 2 rings (SSSR count). The summed E-state index contributed by atoms with van der Waals surface area (Å²) in [6.07, 6.45) is -0.683. The highest BCUT2D eigenvalue weighted by Crippen LogP contribution is 2.24. The van der Waals surface area contributed by atoms with Gasteiger partial charge < -0.3 is 5.11 Å². The van der Waals surface area contributed by atoms with Crippen molar-refractivity contribution in [2.24, 2.45) is 0 Å². The third kappa shape index (κ3) is 3.81. The number of sulfonamides is 1. The second-order valence-corrected chi connectivity index (χ2v) is 7.07. The van der Waals surface area contributed by atoms with Crippen LogP contribution in [0.2, 0.25) is 0 Å². The second kappa shape index (κ2) is 6.13. The minimum absolute atomic E-state index is 0.00808. The molecule has 0 saturated heterocycles. The summed E-state index contributed by atoms with van der Waals surface area (Å²) in [4.78, 5) is -0.00808. The Bertz CT molecular complexity index is 745. The summed E-state index contributed by atoms with van der Waals surface area (Å²) >= 11 is 3.16. The summed E-state index contributed by atoms with van der Waals surface area (Å²) in [5.41, 5.74) is 0.464. The third-order valence-corrected chi connectivity index (χ3v) is 4.72. The molecule has 0 heterocycles. The van der Waals surface area contributed by atoms with E-state index in [-0.39, 0.29) is 10.6 Å². The van der Waals surface area contributed by atoms with Gasteiger partial charge in [-0.3, -0.25) is 4.72 Å². The molecule has 2 aromatic rings. The van der Waals surface area contributed by atoms with Gasteiger partial charge in [-0.2, -0.15) is 0 Å². The summed E-state index contributed by atoms with van der Waals surface area (Å²) in [6.45, 7) is 1.58. The van der Waals surface area contributed by atoms with Crippen molar-refractivity contribution in [1.29, 1.82) is 0 Å². The van der Waals surface area contributed by atoms with E-state index in [0.717, 1.165) is 0 Å². The smallest absolute Gasteiger partial charge is 0.261 e. The Morgan fingerprint density at radius 2 is 1.81 bits per heavy atom. The van der Waals surface area contributed by atoms with Gasteiger partial charge in [0.2, 0.25) is 0 Å². The Balaban J connectivity index is 2.31. The van der Waals surface area contributed by atoms with Crippen molar-refractivity contribution in [3.05, 3.63) is 58.3 Å². The van der Waals surface area contributed by atoms with Crippen molar-refractivity contribution in [2.45, 2.75) is 17.9 Å². The molecule has 0 amide bonds. The zero-order chi connectivity index (χ0) is 15.6. The molecule has 4 nitrogen and oxygen atoms in total. The van der Waals surface area contributed by atoms with Crippen LogP contribution in [0.15, 0.2) is 51.8 Å². The van der Waals surface area contributed by atoms with Crippen LogP contribution in [0.3, 0.4) is 0 Å². The Labute approximate surface area is 130 Å². The number of rotatable bonds is 4. The van der Waals surface area contributed by atoms with Crippen LogP contribution in [-0.4, -0.2) is 13.5 Å². The van der Waals surface area contributed by atoms with Crippen LogP contribution >= 0.6 is 15.9 Å². The monoisotopic (exact) mass is 373 g/mol. The highest BCUT2D eigenvalue weighted by molar-refractivity contribution is 9.10. The SMILES string of the molecule is CC(O)c1ccc(S(=O)(=O)Nc2cc(Br)ccc2F)cc1. The van der Waals surface area contributed by atoms with E-state index in [1.165, 1.54) is 42.5 Å². The van der Waals surface area contributed by atoms with E-state index in [2.05, 4.69) is 20.7 Å². The van der Waals surface area contributed by atoms with E-state index in [4.69, 9.17) is 0 Å². The van der Waals surface area contributed by atoms with Crippen LogP contribution in [-0.2, 0) is 10.0 Å². The van der Waals surface area contributed by atoms with Crippen LogP contribution in [0.25, 0.3) is 0 Å². The molecular weight excluding hydrogens is 361 g/mol. The van der Waals surface area contributed by atoms with Gasteiger partial charge in [0, 0.05) is 4.47 Å². The molecule has 2 aromatic carbocycles. The lowest BCUT2D eigenvalue weighted by Gasteiger charge is -2.10. The molecule has 0 aliphatic carbocycles. The van der Waals surface area contributed by atoms with Crippen LogP contribution in [0.1, 0.15) is 18.6 Å². The first-order chi connectivity index (χ1) is 9.79. The molecule has 0 radical (unpaired) electrons. The molecule has 2 N–H and O–H groups in total. The summed E-state index contributed by atoms with van der Waals surface area (Å²) < 4.78 is 40.7. The van der Waals surface area contributed by atoms with E-state index in [1.54, 1.807) is 6.92 Å². The van der Waals surface area contributed by atoms with Gasteiger partial charge in [0.1, 0.15) is 5.82 Å². The normalized spacial score (nSPS) is 13.0. The number of anilines is 1. The maximum absolute atomic E-state index is 13.6. The van der Waals surface area contributed by atoms with Crippen LogP contribution < -0.4 is 4.72 Å². The number of benzene rings is 2. The van der Waals surface area contributed by atoms with Gasteiger partial charge in [-0.1, -0.05) is 28.1 Å². The summed E-state index contributed by atoms with van der Waals surface area (Å²) in [5.74, 6) is -0.664. The minimum atomic E-state index is -3.89. The zero-order valence-corrected chi connectivity index (χ0v) is 13.4. The first-order valence-electron chi connectivity index (χ1n) is 6.05. The predicted molar refractivity (Wildman–Crippen MR) is 82.0 cm³/mol. The van der Waals surface area contributed by atoms with Crippen LogP contribution in [0.4, 0.5) is 10.1 Å². The first-order valence-corrected chi connectivity index (χ1v) is 8.33. The van der Waals surface area contributed by atoms with Crippen molar-refractivity contribution >= 4 is 31.6 Å². The number of hydrogen-bond acceptors (Lipinski definition) is 3. The quantitative estimate of drug-likeness (QED) is 0.862. The standard InChI is InChI=1S/C14H13BrFNO3S/c1-9(18)10-2-5-12(6-3-10)21(19,20)17-14-8-11(15)4-7-13(14)16/h2-9,17-18H,1H3. The molecule has 1 atom stereocenters. The van der Waals surface area contributed by atoms with Gasteiger partial charge in [0.15, 0.2) is 0 Å². The lowest BCUT2D eigenvalue weighted by atomic mass is 10.1. The molecule has 0 saturated carbocycles. The maximum atomic E-state index is 13.6. The van der Waals surface area contributed by atoms with Crippen molar-refractivity contribution in [1.82, 2.24) is 0 Å². The molecule has 0 fully saturated rings. The molecule has 112 valence electrons. The van der Waals surface area contributed by atoms with Gasteiger partial charge in [-0.05, 0) is 42.8 Å². The van der Waals surface area contributed by atoms with Crippen molar-refractivity contribution in [3.8, 4) is 0 Å². The Morgan fingerprint density at radius 1 is 1.19 bits per heavy atom. The van der Waals surface area contributed by atoms with Crippen molar-refractivity contribution in [3.63, 3.8) is 0 Å². The van der Waals surface area contributed by atoms with Gasteiger partial charge in [0.05, 0.1) is 16.7 Å². The fourth-order valence-electron chi connectivity index (χ4n) is 1.70. The van der Waals surface area contributed by atoms with Crippen molar-refractivity contribution < 1.29 is 17.9 Å². The summed E-state index contributed by atoms with van der Waals surface area (Å²) in [5, 5.41) is 9.40. The molecule has 1 unspecified atom stereocenters. The van der Waals surface area contributed by atoms with E-state index >= 15 is 0 Å². The average Bonchev–Trinajstić information content (AvgIpc) is 2.43. The highest BCUT2D eigenvalue weighted by atomic mass is 79.9. The third-order valence-electron chi connectivity index (χ3n) is 2.85. The zero-order valence-electron chi connectivity index (χ0n) is 11.0. The largest absolute Gasteiger partial charge is 0.389 e. The fraction of sp³-hybridized carbons (Fsp3) is 0.143. The maximum Gasteiger partial charge on any atom is 0.261 e. The van der Waals surface area contributed by atoms with Crippen LogP contribution in [0.5, 0.6) is 0 Å². The average molecular weight is 374 g/mol. The van der Waals surface area contributed by atoms with E-state index < -0.39 is 21.9 Å². The Morgan fingerprint density at radius 3 is 2.38 bits per heavy atom. The molecule has 0 spiro atoms.